The first-order chi connectivity index (χ1) is 4.39. The molecule has 4 heteroatoms. The summed E-state index contributed by atoms with van der Waals surface area (Å²) in [6.07, 6.45) is 4.36. The maximum atomic E-state index is 3.79. The summed E-state index contributed by atoms with van der Waals surface area (Å²) in [7, 11) is 0. The largest absolute Gasteiger partial charge is 0.266 e. The molecule has 1 N–H and O–H groups in total. The van der Waals surface area contributed by atoms with Crippen molar-refractivity contribution in [3.05, 3.63) is 12.3 Å². The molecule has 1 rings (SSSR count). The highest BCUT2D eigenvalue weighted by atomic mass is 15.3. The fourth-order valence-corrected chi connectivity index (χ4v) is 0.364. The van der Waals surface area contributed by atoms with Crippen LogP contribution in [0.15, 0.2) is 27.4 Å². The second-order valence-corrected chi connectivity index (χ2v) is 1.40. The van der Waals surface area contributed by atoms with Crippen molar-refractivity contribution in [3.8, 4) is 0 Å². The highest BCUT2D eigenvalue weighted by Gasteiger charge is 1.81. The number of hydrazone groups is 1. The molecule has 0 aromatic rings. The second kappa shape index (κ2) is 2.76. The van der Waals surface area contributed by atoms with Gasteiger partial charge in [-0.3, -0.25) is 5.43 Å². The van der Waals surface area contributed by atoms with Crippen LogP contribution in [0.4, 0.5) is 0 Å². The van der Waals surface area contributed by atoms with E-state index in [-0.39, 0.29) is 0 Å². The lowest BCUT2D eigenvalue weighted by molar-refractivity contribution is 1.05. The molecule has 0 amide bonds. The van der Waals surface area contributed by atoms with Gasteiger partial charge in [0.15, 0.2) is 0 Å². The van der Waals surface area contributed by atoms with Gasteiger partial charge in [-0.25, -0.2) is 9.98 Å². The highest BCUT2D eigenvalue weighted by molar-refractivity contribution is 5.86. The molecule has 0 spiro atoms. The molecule has 46 valence electrons. The summed E-state index contributed by atoms with van der Waals surface area (Å²) in [5.74, 6) is 0. The van der Waals surface area contributed by atoms with E-state index in [1.807, 2.05) is 0 Å². The van der Waals surface area contributed by atoms with Crippen LogP contribution < -0.4 is 5.43 Å². The molecular formula is C5H6N4. The summed E-state index contributed by atoms with van der Waals surface area (Å²) in [6.45, 7) is 3.57. The van der Waals surface area contributed by atoms with Crippen molar-refractivity contribution < 1.29 is 0 Å². The molecule has 4 nitrogen and oxygen atoms in total. The first-order valence-electron chi connectivity index (χ1n) is 2.41. The van der Waals surface area contributed by atoms with E-state index in [4.69, 9.17) is 0 Å². The maximum Gasteiger partial charge on any atom is 0.135 e. The fourth-order valence-electron chi connectivity index (χ4n) is 0.364. The smallest absolute Gasteiger partial charge is 0.135 e. The topological polar surface area (TPSA) is 49.1 Å². The van der Waals surface area contributed by atoms with Gasteiger partial charge < -0.3 is 0 Å². The van der Waals surface area contributed by atoms with Crippen molar-refractivity contribution in [1.29, 1.82) is 0 Å². The van der Waals surface area contributed by atoms with Crippen molar-refractivity contribution >= 4 is 18.9 Å². The molecule has 0 aromatic heterocycles. The summed E-state index contributed by atoms with van der Waals surface area (Å²) in [5, 5.41) is 3.60. The van der Waals surface area contributed by atoms with Crippen LogP contribution in [0.2, 0.25) is 0 Å². The Labute approximate surface area is 52.7 Å². The third kappa shape index (κ3) is 1.85. The van der Waals surface area contributed by atoms with Crippen molar-refractivity contribution in [2.24, 2.45) is 15.1 Å². The molecule has 0 saturated heterocycles. The van der Waals surface area contributed by atoms with E-state index in [0.29, 0.717) is 5.70 Å². The normalized spacial score (nSPS) is 27.3. The molecule has 1 aliphatic heterocycles. The lowest BCUT2D eigenvalue weighted by Gasteiger charge is -1.91. The monoisotopic (exact) mass is 122 g/mol. The number of rotatable bonds is 0. The van der Waals surface area contributed by atoms with Crippen LogP contribution in [-0.4, -0.2) is 18.9 Å². The van der Waals surface area contributed by atoms with E-state index in [9.17, 15) is 0 Å². The summed E-state index contributed by atoms with van der Waals surface area (Å²) in [4.78, 5) is 7.51. The minimum Gasteiger partial charge on any atom is -0.266 e. The fraction of sp³-hybridized carbons (Fsp3) is 0. The second-order valence-electron chi connectivity index (χ2n) is 1.40. The van der Waals surface area contributed by atoms with Gasteiger partial charge in [0.05, 0.1) is 11.9 Å². The van der Waals surface area contributed by atoms with Crippen molar-refractivity contribution in [3.63, 3.8) is 0 Å². The number of nitrogens with zero attached hydrogens (tertiary/aromatic N) is 3. The van der Waals surface area contributed by atoms with Gasteiger partial charge in [-0.2, -0.15) is 5.10 Å². The summed E-state index contributed by atoms with van der Waals surface area (Å²) in [5.41, 5.74) is 3.13. The average Bonchev–Trinajstić information content (AvgIpc) is 1.79. The van der Waals surface area contributed by atoms with Crippen LogP contribution in [0, 0.1) is 0 Å². The van der Waals surface area contributed by atoms with Crippen LogP contribution in [0.5, 0.6) is 0 Å². The Hall–Kier alpha value is -1.45. The highest BCUT2D eigenvalue weighted by Crippen LogP contribution is 1.85. The zero-order chi connectivity index (χ0) is 6.53. The van der Waals surface area contributed by atoms with Gasteiger partial charge in [-0.05, 0) is 0 Å². The predicted molar refractivity (Wildman–Crippen MR) is 37.8 cm³/mol. The SMILES string of the molecule is C=C1/C=N\C=N/N/C=N\1. The van der Waals surface area contributed by atoms with E-state index in [1.54, 1.807) is 0 Å². The van der Waals surface area contributed by atoms with E-state index < -0.39 is 0 Å². The molecule has 0 fully saturated rings. The van der Waals surface area contributed by atoms with Crippen LogP contribution in [-0.2, 0) is 0 Å². The molecule has 0 aromatic carbocycles. The molecule has 9 heavy (non-hydrogen) atoms. The third-order valence-electron chi connectivity index (χ3n) is 0.711. The van der Waals surface area contributed by atoms with Crippen LogP contribution in [0.3, 0.4) is 0 Å². The average molecular weight is 122 g/mol. The van der Waals surface area contributed by atoms with E-state index in [0.717, 1.165) is 0 Å². The molecule has 0 atom stereocenters. The third-order valence-corrected chi connectivity index (χ3v) is 0.711. The molecule has 0 bridgehead atoms. The predicted octanol–water partition coefficient (Wildman–Crippen LogP) is 0.146. The standard InChI is InChI=1S/C5H6N4/c1-5-2-6-3-8-9-4-7-5/h2-4H,1H2,(H,7,9)/b6-2-,8-3-. The van der Waals surface area contributed by atoms with Crippen molar-refractivity contribution in [2.75, 3.05) is 0 Å². The van der Waals surface area contributed by atoms with Crippen LogP contribution in [0.25, 0.3) is 0 Å². The van der Waals surface area contributed by atoms with Crippen LogP contribution >= 0.6 is 0 Å². The number of aliphatic imine (C=N–C) groups is 2. The van der Waals surface area contributed by atoms with Gasteiger partial charge in [0.1, 0.15) is 12.7 Å². The molecule has 0 radical (unpaired) electrons. The van der Waals surface area contributed by atoms with Gasteiger partial charge in [-0.15, -0.1) is 0 Å². The Morgan fingerprint density at radius 2 is 2.44 bits per heavy atom. The lowest BCUT2D eigenvalue weighted by Crippen LogP contribution is -2.03. The van der Waals surface area contributed by atoms with Gasteiger partial charge >= 0.3 is 0 Å². The quantitative estimate of drug-likeness (QED) is 0.488. The first-order valence-corrected chi connectivity index (χ1v) is 2.41. The zero-order valence-corrected chi connectivity index (χ0v) is 4.78. The Bertz CT molecular complexity index is 189. The van der Waals surface area contributed by atoms with E-state index >= 15 is 0 Å². The summed E-state index contributed by atoms with van der Waals surface area (Å²) < 4.78 is 0. The Balaban J connectivity index is 2.72. The first kappa shape index (κ1) is 5.68. The number of hydrogen-bond acceptors (Lipinski definition) is 4. The molecule has 0 aliphatic carbocycles. The maximum absolute atomic E-state index is 3.79. The molecule has 1 aliphatic rings. The molecule has 1 heterocycles. The Kier molecular flexibility index (Phi) is 1.74. The van der Waals surface area contributed by atoms with Crippen molar-refractivity contribution in [2.45, 2.75) is 0 Å². The summed E-state index contributed by atoms with van der Waals surface area (Å²) in [6, 6.07) is 0. The molecule has 0 saturated carbocycles. The van der Waals surface area contributed by atoms with Gasteiger partial charge in [0.2, 0.25) is 0 Å². The summed E-state index contributed by atoms with van der Waals surface area (Å²) >= 11 is 0. The Morgan fingerprint density at radius 3 is 3.33 bits per heavy atom. The number of hydrogen-bond donors (Lipinski definition) is 1. The lowest BCUT2D eigenvalue weighted by atomic mass is 10.6. The van der Waals surface area contributed by atoms with Crippen molar-refractivity contribution in [1.82, 2.24) is 5.43 Å². The Morgan fingerprint density at radius 1 is 1.56 bits per heavy atom. The van der Waals surface area contributed by atoms with Gasteiger partial charge in [-0.1, -0.05) is 6.58 Å². The molecular weight excluding hydrogens is 116 g/mol. The van der Waals surface area contributed by atoms with Crippen LogP contribution in [0.1, 0.15) is 0 Å². The van der Waals surface area contributed by atoms with Gasteiger partial charge in [0.25, 0.3) is 0 Å². The minimum atomic E-state index is 0.605. The molecule has 0 unspecified atom stereocenters. The number of allylic oxidation sites excluding steroid dienone is 1. The zero-order valence-electron chi connectivity index (χ0n) is 4.78. The van der Waals surface area contributed by atoms with E-state index in [2.05, 4.69) is 27.1 Å². The van der Waals surface area contributed by atoms with Gasteiger partial charge in [0, 0.05) is 0 Å². The minimum absolute atomic E-state index is 0.605. The number of nitrogens with one attached hydrogen (secondary N) is 1. The van der Waals surface area contributed by atoms with E-state index in [1.165, 1.54) is 18.9 Å².